The second-order valence-corrected chi connectivity index (χ2v) is 49.9. The molecule has 0 amide bonds. The molecular weight excluding hydrogens is 1940 g/mol. The van der Waals surface area contributed by atoms with Crippen molar-refractivity contribution in [3.63, 3.8) is 0 Å². The minimum Gasteiger partial charge on any atom is -0.422 e. The highest BCUT2D eigenvalue weighted by Gasteiger charge is 2.36. The maximum atomic E-state index is 13.7. The molecule has 0 N–H and O–H groups in total. The molecule has 0 aliphatic carbocycles. The number of ether oxygens (including phenoxy) is 5. The van der Waals surface area contributed by atoms with Gasteiger partial charge in [0.2, 0.25) is 0 Å². The van der Waals surface area contributed by atoms with E-state index in [1.165, 1.54) is 186 Å². The minimum atomic E-state index is -0.313. The number of carbonyl (C=O) groups is 5. The molecule has 5 aliphatic rings. The van der Waals surface area contributed by atoms with Crippen molar-refractivity contribution in [2.24, 2.45) is 0 Å². The SMILES string of the molecule is O=C(Oc1ccc([S+]2CCCC2)c2ccccc12)c1c2ccccc2cc2ccccc12.O=C(Oc1ccc([S+]2CCCC2)c2ccccc12)c1ccc2ccccc2c1.O=C(Oc1ccc([S+]2CCCC2)c2ccccc12)c1cccc2ccccc12.O=C(Oc1ccc([S+]2CCCCC2)c2ccccc12)c1c2ccccc2cc2ccccc12.O=C(Oc1ccc([S+]2CCCCC2)c2ccccc12)c1cccc2ccccc12. The topological polar surface area (TPSA) is 132 Å². The predicted molar refractivity (Wildman–Crippen MR) is 632 cm³/mol. The predicted octanol–water partition coefficient (Wildman–Crippen LogP) is 33.0. The maximum Gasteiger partial charge on any atom is 0.344 e. The van der Waals surface area contributed by atoms with E-state index >= 15 is 0 Å². The van der Waals surface area contributed by atoms with Gasteiger partial charge in [-0.25, -0.2) is 24.0 Å². The lowest BCUT2D eigenvalue weighted by molar-refractivity contribution is 0.0728. The average Bonchev–Trinajstić information content (AvgIpc) is 0.994. The third-order valence-corrected chi connectivity index (χ3v) is 42.1. The number of fused-ring (bicyclic) bond motifs is 12. The number of esters is 5. The van der Waals surface area contributed by atoms with Crippen LogP contribution in [0.4, 0.5) is 0 Å². The summed E-state index contributed by atoms with van der Waals surface area (Å²) in [4.78, 5) is 73.2. The molecule has 0 aromatic heterocycles. The molecule has 0 saturated carbocycles. The van der Waals surface area contributed by atoms with Crippen molar-refractivity contribution in [3.8, 4) is 28.7 Å². The van der Waals surface area contributed by atoms with Crippen LogP contribution in [0, 0.1) is 0 Å². The molecule has 5 heterocycles. The van der Waals surface area contributed by atoms with E-state index in [2.05, 4.69) is 133 Å². The lowest BCUT2D eigenvalue weighted by atomic mass is 9.97. The van der Waals surface area contributed by atoms with Crippen LogP contribution in [0.5, 0.6) is 28.7 Å². The third-order valence-electron chi connectivity index (χ3n) is 29.4. The Morgan fingerprint density at radius 1 is 0.153 bits per heavy atom. The normalized spacial score (nSPS) is 14.6. The van der Waals surface area contributed by atoms with Gasteiger partial charge in [-0.1, -0.05) is 291 Å². The minimum absolute atomic E-state index is 0.283. The van der Waals surface area contributed by atoms with Gasteiger partial charge in [-0.2, -0.15) is 0 Å². The number of rotatable bonds is 15. The van der Waals surface area contributed by atoms with Gasteiger partial charge < -0.3 is 23.7 Å². The standard InChI is InChI=1S/C30H25O2S.C29H23O2S.C26H23O2S.2C25H21O2S/c31-30(29-23-12-4-2-10-21(23)20-22-11-3-5-13-24(22)29)32-27-16-17-28(33-18-8-1-9-19-33)26-15-7-6-14-25(26)27;30-29(28-22-11-3-1-9-20(22)19-21-10-2-4-12-23(21)28)31-26-15-16-27(32-17-7-8-18-32)25-14-6-5-13-24(25)26;27-26(23-14-8-10-19-9-2-3-11-20(19)23)28-24-15-16-25(29-17-6-1-7-18-29)22-13-5-4-12-21(22)24;26-25(22-13-7-9-18-8-1-2-10-19(18)22)27-23-14-15-24(28-16-5-6-17-28)21-12-4-3-11-20(21)23;26-25(20-12-11-18-7-1-2-8-19(18)17-20)27-23-13-14-24(28-15-5-6-16-28)22-10-4-3-9-21(22)23/h2-7,10-17,20H,1,8-9,18-19H2;1-6,9-16,19H,7-8,17-18H2;2-5,8-16H,1,6-7,17-18H2;1-4,7-15H,5-6,16-17H2;1-4,7-14,17H,5-6,15-16H2/q5*+1. The fourth-order valence-corrected chi connectivity index (χ4v) is 34.5. The molecule has 5 aliphatic heterocycles. The Hall–Kier alpha value is -14.9. The quantitative estimate of drug-likeness (QED) is 0.0423. The van der Waals surface area contributed by atoms with Gasteiger partial charge in [-0.3, -0.25) is 0 Å². The zero-order valence-electron chi connectivity index (χ0n) is 83.5. The van der Waals surface area contributed by atoms with Gasteiger partial charge in [0, 0.05) is 108 Å². The largest absolute Gasteiger partial charge is 0.422 e. The van der Waals surface area contributed by atoms with E-state index in [0.29, 0.717) is 100 Å². The van der Waals surface area contributed by atoms with Crippen molar-refractivity contribution in [2.45, 2.75) is 102 Å². The smallest absolute Gasteiger partial charge is 0.344 e. The first-order chi connectivity index (χ1) is 74.0. The monoisotopic (exact) mass is 2050 g/mol. The van der Waals surface area contributed by atoms with Crippen molar-refractivity contribution in [1.29, 1.82) is 0 Å². The number of benzene rings is 22. The summed E-state index contributed by atoms with van der Waals surface area (Å²) in [6, 6.07) is 140. The molecule has 150 heavy (non-hydrogen) atoms. The first-order valence-electron chi connectivity index (χ1n) is 52.3. The molecule has 0 bridgehead atoms. The Morgan fingerprint density at radius 2 is 0.367 bits per heavy atom. The summed E-state index contributed by atoms with van der Waals surface area (Å²) < 4.78 is 29.9. The molecule has 0 unspecified atom stereocenters. The summed E-state index contributed by atoms with van der Waals surface area (Å²) >= 11 is 0. The first-order valence-corrected chi connectivity index (χ1v) is 60.1. The van der Waals surface area contributed by atoms with Crippen molar-refractivity contribution in [1.82, 2.24) is 0 Å². The van der Waals surface area contributed by atoms with Crippen LogP contribution in [0.1, 0.15) is 129 Å². The van der Waals surface area contributed by atoms with Crippen LogP contribution in [0.3, 0.4) is 0 Å². The molecule has 10 nitrogen and oxygen atoms in total. The van der Waals surface area contributed by atoms with Gasteiger partial charge in [0.05, 0.1) is 27.8 Å². The van der Waals surface area contributed by atoms with Crippen LogP contribution >= 0.6 is 0 Å². The molecule has 0 spiro atoms. The van der Waals surface area contributed by atoms with Gasteiger partial charge in [0.15, 0.2) is 24.5 Å². The average molecular weight is 2060 g/mol. The maximum absolute atomic E-state index is 13.7. The summed E-state index contributed by atoms with van der Waals surface area (Å²) in [5, 5.41) is 25.1. The molecule has 5 fully saturated rings. The van der Waals surface area contributed by atoms with Crippen LogP contribution in [0.25, 0.3) is 129 Å². The highest BCUT2D eigenvalue weighted by Crippen LogP contribution is 2.44. The van der Waals surface area contributed by atoms with Gasteiger partial charge in [0.1, 0.15) is 86.3 Å². The molecule has 0 atom stereocenters. The Morgan fingerprint density at radius 3 is 0.653 bits per heavy atom. The fraction of sp³-hybridized carbons (Fsp3) is 0.163. The molecule has 738 valence electrons. The van der Waals surface area contributed by atoms with E-state index in [1.54, 1.807) is 0 Å². The van der Waals surface area contributed by atoms with Gasteiger partial charge in [-0.15, -0.1) is 0 Å². The van der Waals surface area contributed by atoms with Crippen LogP contribution in [-0.2, 0) is 54.5 Å². The summed E-state index contributed by atoms with van der Waals surface area (Å²) in [6.45, 7) is 0. The molecule has 0 radical (unpaired) electrons. The third kappa shape index (κ3) is 21.0. The Balaban J connectivity index is 0.000000103. The van der Waals surface area contributed by atoms with Gasteiger partial charge >= 0.3 is 29.8 Å². The summed E-state index contributed by atoms with van der Waals surface area (Å²) in [5.41, 5.74) is 3.04. The Labute approximate surface area is 888 Å². The summed E-state index contributed by atoms with van der Waals surface area (Å²) in [5.74, 6) is 14.4. The van der Waals surface area contributed by atoms with Crippen LogP contribution < -0.4 is 23.7 Å². The fourth-order valence-electron chi connectivity index (χ4n) is 22.0. The number of carbonyl (C=O) groups excluding carboxylic acids is 5. The van der Waals surface area contributed by atoms with Crippen molar-refractivity contribution < 1.29 is 47.7 Å². The van der Waals surface area contributed by atoms with Gasteiger partial charge in [-0.05, 0) is 280 Å². The molecule has 22 aromatic rings. The van der Waals surface area contributed by atoms with Crippen molar-refractivity contribution >= 4 is 214 Å². The zero-order chi connectivity index (χ0) is 101. The van der Waals surface area contributed by atoms with Crippen LogP contribution in [0.15, 0.2) is 443 Å². The molecule has 15 heteroatoms. The first kappa shape index (κ1) is 98.4. The Kier molecular flexibility index (Phi) is 29.9. The van der Waals surface area contributed by atoms with E-state index in [0.717, 1.165) is 102 Å². The second kappa shape index (κ2) is 45.6. The molecular formula is C135H113O10S5+5. The second-order valence-electron chi connectivity index (χ2n) is 38.7. The van der Waals surface area contributed by atoms with Crippen molar-refractivity contribution in [2.75, 3.05) is 57.5 Å². The number of hydrogen-bond acceptors (Lipinski definition) is 10. The van der Waals surface area contributed by atoms with Crippen LogP contribution in [0.2, 0.25) is 0 Å². The highest BCUT2D eigenvalue weighted by atomic mass is 32.2. The Bertz CT molecular complexity index is 8770. The summed E-state index contributed by atoms with van der Waals surface area (Å²) in [6.07, 6.45) is 15.8. The summed E-state index contributed by atoms with van der Waals surface area (Å²) in [7, 11) is 1.52. The van der Waals surface area contributed by atoms with E-state index in [4.69, 9.17) is 23.7 Å². The molecule has 5 saturated heterocycles. The lowest BCUT2D eigenvalue weighted by Crippen LogP contribution is -2.18. The van der Waals surface area contributed by atoms with E-state index in [9.17, 15) is 24.0 Å². The van der Waals surface area contributed by atoms with E-state index < -0.39 is 0 Å². The highest BCUT2D eigenvalue weighted by molar-refractivity contribution is 7.98. The number of hydrogen-bond donors (Lipinski definition) is 0. The lowest BCUT2D eigenvalue weighted by Gasteiger charge is -2.16. The van der Waals surface area contributed by atoms with E-state index in [1.807, 2.05) is 285 Å². The zero-order valence-corrected chi connectivity index (χ0v) is 87.6. The molecule has 22 aromatic carbocycles. The van der Waals surface area contributed by atoms with Crippen LogP contribution in [-0.4, -0.2) is 87.4 Å². The molecule has 27 rings (SSSR count). The van der Waals surface area contributed by atoms with Gasteiger partial charge in [0.25, 0.3) is 0 Å². The van der Waals surface area contributed by atoms with Crippen molar-refractivity contribution in [3.05, 3.63) is 446 Å². The van der Waals surface area contributed by atoms with E-state index in [-0.39, 0.29) is 40.7 Å².